The van der Waals surface area contributed by atoms with Crippen molar-refractivity contribution in [3.63, 3.8) is 0 Å². The Bertz CT molecular complexity index is 324. The number of piperidine rings is 1. The molecule has 18 heavy (non-hydrogen) atoms. The summed E-state index contributed by atoms with van der Waals surface area (Å²) in [6.45, 7) is 2.96. The molecule has 0 radical (unpaired) electrons. The van der Waals surface area contributed by atoms with Gasteiger partial charge in [-0.3, -0.25) is 19.4 Å². The number of hydrogen-bond donors (Lipinski definition) is 1. The van der Waals surface area contributed by atoms with Gasteiger partial charge in [0, 0.05) is 7.05 Å². The first-order valence-electron chi connectivity index (χ1n) is 6.82. The lowest BCUT2D eigenvalue weighted by Gasteiger charge is -2.34. The van der Waals surface area contributed by atoms with Gasteiger partial charge in [0.25, 0.3) is 0 Å². The number of likely N-dealkylation sites (N-methyl/N-ethyl adjacent to an activating group) is 1. The predicted octanol–water partition coefficient (Wildman–Crippen LogP) is 0.0652. The molecule has 0 aromatic rings. The highest BCUT2D eigenvalue weighted by Crippen LogP contribution is 2.25. The van der Waals surface area contributed by atoms with Crippen molar-refractivity contribution >= 4 is 11.8 Å². The number of amides is 2. The molecule has 0 aromatic carbocycles. The summed E-state index contributed by atoms with van der Waals surface area (Å²) in [5.74, 6) is 0.703. The highest BCUT2D eigenvalue weighted by atomic mass is 16.2. The number of likely N-dealkylation sites (tertiary alicyclic amines) is 2. The van der Waals surface area contributed by atoms with Crippen LogP contribution in [0.25, 0.3) is 0 Å². The van der Waals surface area contributed by atoms with Gasteiger partial charge in [0.1, 0.15) is 0 Å². The van der Waals surface area contributed by atoms with Gasteiger partial charge in [-0.2, -0.15) is 0 Å². The van der Waals surface area contributed by atoms with Crippen LogP contribution in [0.1, 0.15) is 25.7 Å². The molecule has 1 unspecified atom stereocenters. The molecule has 0 aliphatic carbocycles. The molecule has 0 aromatic heterocycles. The fourth-order valence-corrected chi connectivity index (χ4v) is 2.92. The Balaban J connectivity index is 1.83. The number of imide groups is 1. The normalized spacial score (nSPS) is 27.2. The maximum atomic E-state index is 11.9. The molecule has 2 amide bonds. The van der Waals surface area contributed by atoms with Crippen molar-refractivity contribution in [3.05, 3.63) is 0 Å². The Labute approximate surface area is 108 Å². The maximum Gasteiger partial charge on any atom is 0.246 e. The first kappa shape index (κ1) is 13.5. The van der Waals surface area contributed by atoms with E-state index in [1.54, 1.807) is 7.05 Å². The SMILES string of the molecule is CNCCC1CCN(C2CC(=O)N(C)C2=O)CC1. The molecule has 1 atom stereocenters. The van der Waals surface area contributed by atoms with E-state index in [4.69, 9.17) is 0 Å². The number of nitrogens with one attached hydrogen (secondary N) is 1. The minimum absolute atomic E-state index is 0.0197. The number of rotatable bonds is 4. The molecule has 0 saturated carbocycles. The molecule has 0 bridgehead atoms. The van der Waals surface area contributed by atoms with Crippen LogP contribution in [0.2, 0.25) is 0 Å². The average Bonchev–Trinajstić information content (AvgIpc) is 2.65. The standard InChI is InChI=1S/C13H23N3O2/c1-14-6-3-10-4-7-16(8-5-10)11-9-12(17)15(2)13(11)18/h10-11,14H,3-9H2,1-2H3. The van der Waals surface area contributed by atoms with Crippen LogP contribution in [-0.2, 0) is 9.59 Å². The quantitative estimate of drug-likeness (QED) is 0.720. The second-order valence-corrected chi connectivity index (χ2v) is 5.38. The van der Waals surface area contributed by atoms with Crippen LogP contribution < -0.4 is 5.32 Å². The molecule has 5 nitrogen and oxygen atoms in total. The number of carbonyl (C=O) groups is 2. The molecule has 2 aliphatic rings. The predicted molar refractivity (Wildman–Crippen MR) is 69.0 cm³/mol. The summed E-state index contributed by atoms with van der Waals surface area (Å²) in [4.78, 5) is 26.9. The van der Waals surface area contributed by atoms with E-state index in [1.165, 1.54) is 11.3 Å². The highest BCUT2D eigenvalue weighted by molar-refractivity contribution is 6.05. The van der Waals surface area contributed by atoms with Gasteiger partial charge in [-0.25, -0.2) is 0 Å². The largest absolute Gasteiger partial charge is 0.320 e. The van der Waals surface area contributed by atoms with E-state index in [-0.39, 0.29) is 17.9 Å². The van der Waals surface area contributed by atoms with E-state index in [1.807, 2.05) is 7.05 Å². The van der Waals surface area contributed by atoms with Crippen molar-refractivity contribution < 1.29 is 9.59 Å². The summed E-state index contributed by atoms with van der Waals surface area (Å²) in [7, 11) is 3.57. The van der Waals surface area contributed by atoms with E-state index in [0.29, 0.717) is 6.42 Å². The molecular weight excluding hydrogens is 230 g/mol. The monoisotopic (exact) mass is 253 g/mol. The summed E-state index contributed by atoms with van der Waals surface area (Å²) in [6.07, 6.45) is 3.87. The van der Waals surface area contributed by atoms with E-state index >= 15 is 0 Å². The summed E-state index contributed by atoms with van der Waals surface area (Å²) < 4.78 is 0. The van der Waals surface area contributed by atoms with E-state index in [0.717, 1.165) is 38.4 Å². The van der Waals surface area contributed by atoms with Gasteiger partial charge in [-0.1, -0.05) is 0 Å². The van der Waals surface area contributed by atoms with Crippen LogP contribution in [0.3, 0.4) is 0 Å². The first-order valence-corrected chi connectivity index (χ1v) is 6.82. The van der Waals surface area contributed by atoms with E-state index in [9.17, 15) is 9.59 Å². The Morgan fingerprint density at radius 3 is 2.44 bits per heavy atom. The maximum absolute atomic E-state index is 11.9. The Kier molecular flexibility index (Phi) is 4.35. The van der Waals surface area contributed by atoms with Crippen LogP contribution in [0.5, 0.6) is 0 Å². The Morgan fingerprint density at radius 1 is 1.28 bits per heavy atom. The molecule has 1 N–H and O–H groups in total. The third kappa shape index (κ3) is 2.72. The molecule has 2 heterocycles. The number of nitrogens with zero attached hydrogens (tertiary/aromatic N) is 2. The minimum Gasteiger partial charge on any atom is -0.320 e. The van der Waals surface area contributed by atoms with Crippen molar-refractivity contribution in [2.75, 3.05) is 33.7 Å². The Hall–Kier alpha value is -0.940. The number of carbonyl (C=O) groups excluding carboxylic acids is 2. The topological polar surface area (TPSA) is 52.7 Å². The van der Waals surface area contributed by atoms with Crippen molar-refractivity contribution in [3.8, 4) is 0 Å². The van der Waals surface area contributed by atoms with Gasteiger partial charge < -0.3 is 5.32 Å². The van der Waals surface area contributed by atoms with Crippen molar-refractivity contribution in [2.45, 2.75) is 31.7 Å². The van der Waals surface area contributed by atoms with E-state index < -0.39 is 0 Å². The van der Waals surface area contributed by atoms with Crippen LogP contribution in [-0.4, -0.2) is 61.4 Å². The van der Waals surface area contributed by atoms with Crippen LogP contribution in [0, 0.1) is 5.92 Å². The third-order valence-electron chi connectivity index (χ3n) is 4.25. The van der Waals surface area contributed by atoms with Crippen molar-refractivity contribution in [1.82, 2.24) is 15.1 Å². The zero-order valence-electron chi connectivity index (χ0n) is 11.3. The van der Waals surface area contributed by atoms with Gasteiger partial charge in [0.05, 0.1) is 12.5 Å². The second kappa shape index (κ2) is 5.80. The molecule has 2 fully saturated rings. The van der Waals surface area contributed by atoms with Gasteiger partial charge in [-0.15, -0.1) is 0 Å². The molecule has 2 saturated heterocycles. The highest BCUT2D eigenvalue weighted by Gasteiger charge is 2.40. The van der Waals surface area contributed by atoms with Gasteiger partial charge in [-0.05, 0) is 51.9 Å². The lowest BCUT2D eigenvalue weighted by molar-refractivity contribution is -0.138. The lowest BCUT2D eigenvalue weighted by atomic mass is 9.92. The van der Waals surface area contributed by atoms with Crippen LogP contribution in [0.15, 0.2) is 0 Å². The lowest BCUT2D eigenvalue weighted by Crippen LogP contribution is -2.45. The molecule has 5 heteroatoms. The minimum atomic E-state index is -0.187. The smallest absolute Gasteiger partial charge is 0.246 e. The zero-order valence-corrected chi connectivity index (χ0v) is 11.3. The van der Waals surface area contributed by atoms with Crippen LogP contribution in [0.4, 0.5) is 0 Å². The van der Waals surface area contributed by atoms with E-state index in [2.05, 4.69) is 10.2 Å². The number of hydrogen-bond acceptors (Lipinski definition) is 4. The zero-order chi connectivity index (χ0) is 13.1. The van der Waals surface area contributed by atoms with Crippen molar-refractivity contribution in [2.24, 2.45) is 5.92 Å². The second-order valence-electron chi connectivity index (χ2n) is 5.38. The third-order valence-corrected chi connectivity index (χ3v) is 4.25. The summed E-state index contributed by atoms with van der Waals surface area (Å²) in [5.41, 5.74) is 0. The summed E-state index contributed by atoms with van der Waals surface area (Å²) in [5, 5.41) is 3.18. The van der Waals surface area contributed by atoms with Gasteiger partial charge in [0.15, 0.2) is 0 Å². The Morgan fingerprint density at radius 2 is 1.94 bits per heavy atom. The first-order chi connectivity index (χ1) is 8.63. The molecule has 102 valence electrons. The molecule has 0 spiro atoms. The molecule has 2 aliphatic heterocycles. The average molecular weight is 253 g/mol. The summed E-state index contributed by atoms with van der Waals surface area (Å²) >= 11 is 0. The molecular formula is C13H23N3O2. The fourth-order valence-electron chi connectivity index (χ4n) is 2.92. The van der Waals surface area contributed by atoms with Crippen LogP contribution >= 0.6 is 0 Å². The summed E-state index contributed by atoms with van der Waals surface area (Å²) in [6, 6.07) is -0.187. The van der Waals surface area contributed by atoms with Gasteiger partial charge >= 0.3 is 0 Å². The molecule has 2 rings (SSSR count). The van der Waals surface area contributed by atoms with Crippen molar-refractivity contribution in [1.29, 1.82) is 0 Å². The fraction of sp³-hybridized carbons (Fsp3) is 0.846. The van der Waals surface area contributed by atoms with Gasteiger partial charge in [0.2, 0.25) is 11.8 Å².